The van der Waals surface area contributed by atoms with Crippen LogP contribution in [-0.2, 0) is 4.79 Å². The van der Waals surface area contributed by atoms with E-state index in [0.717, 1.165) is 0 Å². The van der Waals surface area contributed by atoms with Crippen molar-refractivity contribution < 1.29 is 14.3 Å². The first-order valence-corrected chi connectivity index (χ1v) is 5.34. The lowest BCUT2D eigenvalue weighted by molar-refractivity contribution is -0.119. The zero-order valence-corrected chi connectivity index (χ0v) is 10.3. The second-order valence-electron chi connectivity index (χ2n) is 3.73. The van der Waals surface area contributed by atoms with Crippen LogP contribution in [0.1, 0.15) is 6.92 Å². The normalized spacial score (nSPS) is 11.8. The number of benzene rings is 1. The fourth-order valence-electron chi connectivity index (χ4n) is 1.25. The first kappa shape index (κ1) is 13.3. The molecule has 1 unspecified atom stereocenters. The van der Waals surface area contributed by atoms with Crippen LogP contribution in [0.5, 0.6) is 11.5 Å². The molecule has 0 aliphatic heterocycles. The summed E-state index contributed by atoms with van der Waals surface area (Å²) in [7, 11) is 3.12. The van der Waals surface area contributed by atoms with Gasteiger partial charge in [-0.15, -0.1) is 0 Å². The van der Waals surface area contributed by atoms with Crippen LogP contribution in [0, 0.1) is 5.92 Å². The summed E-state index contributed by atoms with van der Waals surface area (Å²) in [6, 6.07) is 5.19. The SMILES string of the molecule is COc1cc(NC(=O)C(C)CN)cc(OC)c1. The van der Waals surface area contributed by atoms with Crippen LogP contribution < -0.4 is 20.5 Å². The number of ether oxygens (including phenoxy) is 2. The Labute approximate surface area is 101 Å². The number of hydrogen-bond donors (Lipinski definition) is 2. The Morgan fingerprint density at radius 2 is 1.82 bits per heavy atom. The van der Waals surface area contributed by atoms with E-state index in [1.54, 1.807) is 39.3 Å². The molecule has 1 atom stereocenters. The number of nitrogens with one attached hydrogen (secondary N) is 1. The summed E-state index contributed by atoms with van der Waals surface area (Å²) < 4.78 is 10.2. The van der Waals surface area contributed by atoms with Gasteiger partial charge in [-0.1, -0.05) is 6.92 Å². The quantitative estimate of drug-likeness (QED) is 0.809. The van der Waals surface area contributed by atoms with Crippen LogP contribution in [-0.4, -0.2) is 26.7 Å². The van der Waals surface area contributed by atoms with E-state index in [9.17, 15) is 4.79 Å². The molecule has 0 aliphatic rings. The highest BCUT2D eigenvalue weighted by Gasteiger charge is 2.12. The van der Waals surface area contributed by atoms with Crippen LogP contribution in [0.4, 0.5) is 5.69 Å². The topological polar surface area (TPSA) is 73.6 Å². The number of carbonyl (C=O) groups excluding carboxylic acids is 1. The van der Waals surface area contributed by atoms with Crippen molar-refractivity contribution in [2.75, 3.05) is 26.1 Å². The predicted octanol–water partition coefficient (Wildman–Crippen LogP) is 1.24. The Kier molecular flexibility index (Phi) is 4.78. The van der Waals surface area contributed by atoms with Gasteiger partial charge in [0.2, 0.25) is 5.91 Å². The molecule has 1 aromatic carbocycles. The van der Waals surface area contributed by atoms with Crippen molar-refractivity contribution in [3.8, 4) is 11.5 Å². The summed E-state index contributed by atoms with van der Waals surface area (Å²) in [5.41, 5.74) is 6.06. The molecule has 94 valence electrons. The molecular formula is C12H18N2O3. The van der Waals surface area contributed by atoms with Crippen molar-refractivity contribution in [2.45, 2.75) is 6.92 Å². The standard InChI is InChI=1S/C12H18N2O3/c1-8(7-13)12(15)14-9-4-10(16-2)6-11(5-9)17-3/h4-6,8H,7,13H2,1-3H3,(H,14,15). The second-order valence-corrected chi connectivity index (χ2v) is 3.73. The molecule has 5 nitrogen and oxygen atoms in total. The van der Waals surface area contributed by atoms with Crippen molar-refractivity contribution in [3.05, 3.63) is 18.2 Å². The lowest BCUT2D eigenvalue weighted by Crippen LogP contribution is -2.26. The minimum absolute atomic E-state index is 0.122. The number of nitrogens with two attached hydrogens (primary N) is 1. The first-order valence-electron chi connectivity index (χ1n) is 5.34. The third-order valence-electron chi connectivity index (χ3n) is 2.42. The van der Waals surface area contributed by atoms with Gasteiger partial charge in [-0.2, -0.15) is 0 Å². The van der Waals surface area contributed by atoms with Gasteiger partial charge in [0.15, 0.2) is 0 Å². The fraction of sp³-hybridized carbons (Fsp3) is 0.417. The molecule has 3 N–H and O–H groups in total. The maximum absolute atomic E-state index is 11.7. The average molecular weight is 238 g/mol. The Bertz CT molecular complexity index is 371. The molecule has 1 rings (SSSR count). The number of rotatable bonds is 5. The van der Waals surface area contributed by atoms with E-state index in [1.165, 1.54) is 0 Å². The molecule has 0 bridgehead atoms. The van der Waals surface area contributed by atoms with Crippen LogP contribution >= 0.6 is 0 Å². The van der Waals surface area contributed by atoms with Gasteiger partial charge in [-0.05, 0) is 0 Å². The summed E-state index contributed by atoms with van der Waals surface area (Å²) in [4.78, 5) is 11.7. The second kappa shape index (κ2) is 6.10. The molecule has 0 spiro atoms. The van der Waals surface area contributed by atoms with Gasteiger partial charge in [0.25, 0.3) is 0 Å². The van der Waals surface area contributed by atoms with Crippen LogP contribution in [0.2, 0.25) is 0 Å². The van der Waals surface area contributed by atoms with Crippen molar-refractivity contribution in [1.29, 1.82) is 0 Å². The van der Waals surface area contributed by atoms with E-state index in [0.29, 0.717) is 23.7 Å². The summed E-state index contributed by atoms with van der Waals surface area (Å²) in [6.07, 6.45) is 0. The van der Waals surface area contributed by atoms with Crippen LogP contribution in [0.25, 0.3) is 0 Å². The van der Waals surface area contributed by atoms with Gasteiger partial charge in [0.05, 0.1) is 14.2 Å². The Morgan fingerprint density at radius 1 is 1.29 bits per heavy atom. The fourth-order valence-corrected chi connectivity index (χ4v) is 1.25. The highest BCUT2D eigenvalue weighted by Crippen LogP contribution is 2.25. The number of carbonyl (C=O) groups is 1. The zero-order chi connectivity index (χ0) is 12.8. The van der Waals surface area contributed by atoms with E-state index >= 15 is 0 Å². The number of amides is 1. The highest BCUT2D eigenvalue weighted by molar-refractivity contribution is 5.92. The molecule has 0 heterocycles. The Balaban J connectivity index is 2.86. The van der Waals surface area contributed by atoms with E-state index in [2.05, 4.69) is 5.32 Å². The van der Waals surface area contributed by atoms with E-state index in [1.807, 2.05) is 0 Å². The van der Waals surface area contributed by atoms with Gasteiger partial charge in [-0.3, -0.25) is 4.79 Å². The molecule has 0 aromatic heterocycles. The molecule has 1 aromatic rings. The van der Waals surface area contributed by atoms with Gasteiger partial charge in [0.1, 0.15) is 11.5 Å². The summed E-state index contributed by atoms with van der Waals surface area (Å²) in [5.74, 6) is 0.898. The molecule has 0 saturated carbocycles. The third-order valence-corrected chi connectivity index (χ3v) is 2.42. The minimum atomic E-state index is -0.229. The van der Waals surface area contributed by atoms with Gasteiger partial charge < -0.3 is 20.5 Å². The largest absolute Gasteiger partial charge is 0.497 e. The molecule has 17 heavy (non-hydrogen) atoms. The van der Waals surface area contributed by atoms with Crippen LogP contribution in [0.3, 0.4) is 0 Å². The molecule has 0 aliphatic carbocycles. The maximum atomic E-state index is 11.7. The predicted molar refractivity (Wildman–Crippen MR) is 66.4 cm³/mol. The van der Waals surface area contributed by atoms with Gasteiger partial charge in [0, 0.05) is 36.3 Å². The smallest absolute Gasteiger partial charge is 0.228 e. The van der Waals surface area contributed by atoms with Gasteiger partial charge in [-0.25, -0.2) is 0 Å². The van der Waals surface area contributed by atoms with E-state index < -0.39 is 0 Å². The number of methoxy groups -OCH3 is 2. The van der Waals surface area contributed by atoms with Crippen molar-refractivity contribution in [2.24, 2.45) is 11.7 Å². The molecule has 0 saturated heterocycles. The Morgan fingerprint density at radius 3 is 2.24 bits per heavy atom. The van der Waals surface area contributed by atoms with Gasteiger partial charge >= 0.3 is 0 Å². The number of hydrogen-bond acceptors (Lipinski definition) is 4. The highest BCUT2D eigenvalue weighted by atomic mass is 16.5. The summed E-state index contributed by atoms with van der Waals surface area (Å²) in [6.45, 7) is 2.08. The van der Waals surface area contributed by atoms with Crippen molar-refractivity contribution >= 4 is 11.6 Å². The molecule has 1 amide bonds. The molecule has 0 radical (unpaired) electrons. The monoisotopic (exact) mass is 238 g/mol. The molecule has 5 heteroatoms. The van der Waals surface area contributed by atoms with Crippen molar-refractivity contribution in [1.82, 2.24) is 0 Å². The molecule has 0 fully saturated rings. The Hall–Kier alpha value is -1.75. The number of anilines is 1. The van der Waals surface area contributed by atoms with Crippen LogP contribution in [0.15, 0.2) is 18.2 Å². The summed E-state index contributed by atoms with van der Waals surface area (Å²) >= 11 is 0. The maximum Gasteiger partial charge on any atom is 0.228 e. The first-order chi connectivity index (χ1) is 8.10. The minimum Gasteiger partial charge on any atom is -0.497 e. The summed E-state index contributed by atoms with van der Waals surface area (Å²) in [5, 5.41) is 2.76. The molecular weight excluding hydrogens is 220 g/mol. The zero-order valence-electron chi connectivity index (χ0n) is 10.3. The lowest BCUT2D eigenvalue weighted by atomic mass is 10.1. The third kappa shape index (κ3) is 3.64. The van der Waals surface area contributed by atoms with E-state index in [-0.39, 0.29) is 11.8 Å². The van der Waals surface area contributed by atoms with Crippen molar-refractivity contribution in [3.63, 3.8) is 0 Å². The van der Waals surface area contributed by atoms with E-state index in [4.69, 9.17) is 15.2 Å². The average Bonchev–Trinajstić information content (AvgIpc) is 2.36. The lowest BCUT2D eigenvalue weighted by Gasteiger charge is -2.12.